The summed E-state index contributed by atoms with van der Waals surface area (Å²) in [6.45, 7) is 2.12. The van der Waals surface area contributed by atoms with Gasteiger partial charge in [0, 0.05) is 12.7 Å². The number of carbonyl (C=O) groups excluding carboxylic acids is 1. The number of rotatable bonds is 9. The van der Waals surface area contributed by atoms with Gasteiger partial charge in [-0.2, -0.15) is 0 Å². The first-order valence-corrected chi connectivity index (χ1v) is 11.8. The van der Waals surface area contributed by atoms with E-state index in [2.05, 4.69) is 4.98 Å². The third-order valence-electron chi connectivity index (χ3n) is 4.74. The van der Waals surface area contributed by atoms with Crippen LogP contribution in [-0.4, -0.2) is 39.6 Å². The summed E-state index contributed by atoms with van der Waals surface area (Å²) in [6, 6.07) is 20.6. The second-order valence-corrected chi connectivity index (χ2v) is 9.24. The lowest BCUT2D eigenvalue weighted by atomic mass is 10.2. The second kappa shape index (κ2) is 10.5. The first-order chi connectivity index (χ1) is 15.3. The molecule has 3 rings (SSSR count). The Labute approximate surface area is 193 Å². The maximum absolute atomic E-state index is 13.2. The Bertz CT molecular complexity index is 1160. The van der Waals surface area contributed by atoms with Crippen molar-refractivity contribution in [1.82, 2.24) is 4.98 Å². The van der Waals surface area contributed by atoms with Crippen molar-refractivity contribution in [3.8, 4) is 0 Å². The van der Waals surface area contributed by atoms with Crippen LogP contribution in [0.25, 0.3) is 0 Å². The van der Waals surface area contributed by atoms with Crippen molar-refractivity contribution in [2.75, 3.05) is 29.4 Å². The number of aromatic nitrogens is 1. The summed E-state index contributed by atoms with van der Waals surface area (Å²) >= 11 is 6.15. The molecule has 9 heteroatoms. The SMILES string of the molecule is CCOC(=O)CN(Cc1nc(Cl)ccc1N(C)S(=O)(=O)c1ccccc1)c1ccccc1. The highest BCUT2D eigenvalue weighted by Gasteiger charge is 2.25. The fourth-order valence-corrected chi connectivity index (χ4v) is 4.58. The molecule has 0 aliphatic carbocycles. The van der Waals surface area contributed by atoms with Crippen LogP contribution < -0.4 is 9.21 Å². The van der Waals surface area contributed by atoms with E-state index in [1.165, 1.54) is 29.6 Å². The lowest BCUT2D eigenvalue weighted by molar-refractivity contribution is -0.141. The maximum atomic E-state index is 13.2. The van der Waals surface area contributed by atoms with Gasteiger partial charge in [-0.15, -0.1) is 0 Å². The van der Waals surface area contributed by atoms with Gasteiger partial charge in [0.25, 0.3) is 10.0 Å². The topological polar surface area (TPSA) is 79.8 Å². The van der Waals surface area contributed by atoms with Crippen molar-refractivity contribution >= 4 is 39.0 Å². The molecule has 32 heavy (non-hydrogen) atoms. The van der Waals surface area contributed by atoms with Crippen molar-refractivity contribution in [2.45, 2.75) is 18.4 Å². The van der Waals surface area contributed by atoms with E-state index in [1.54, 1.807) is 36.1 Å². The molecule has 2 aromatic carbocycles. The number of esters is 1. The van der Waals surface area contributed by atoms with Gasteiger partial charge in [0.15, 0.2) is 0 Å². The minimum absolute atomic E-state index is 0.0271. The van der Waals surface area contributed by atoms with E-state index in [0.29, 0.717) is 11.4 Å². The van der Waals surface area contributed by atoms with Gasteiger partial charge in [-0.1, -0.05) is 48.0 Å². The fourth-order valence-electron chi connectivity index (χ4n) is 3.17. The summed E-state index contributed by atoms with van der Waals surface area (Å²) in [4.78, 5) is 18.5. The third-order valence-corrected chi connectivity index (χ3v) is 6.74. The molecule has 0 bridgehead atoms. The molecule has 0 saturated carbocycles. The molecule has 3 aromatic rings. The third kappa shape index (κ3) is 5.57. The van der Waals surface area contributed by atoms with E-state index < -0.39 is 16.0 Å². The molecule has 168 valence electrons. The van der Waals surface area contributed by atoms with Gasteiger partial charge < -0.3 is 9.64 Å². The van der Waals surface area contributed by atoms with Crippen LogP contribution in [0.4, 0.5) is 11.4 Å². The van der Waals surface area contributed by atoms with Gasteiger partial charge in [-0.25, -0.2) is 13.4 Å². The molecule has 0 amide bonds. The highest BCUT2D eigenvalue weighted by molar-refractivity contribution is 7.92. The highest BCUT2D eigenvalue weighted by Crippen LogP contribution is 2.28. The Morgan fingerprint density at radius 2 is 1.62 bits per heavy atom. The van der Waals surface area contributed by atoms with Crippen LogP contribution in [0.15, 0.2) is 77.7 Å². The number of hydrogen-bond acceptors (Lipinski definition) is 6. The van der Waals surface area contributed by atoms with Crippen LogP contribution in [-0.2, 0) is 26.1 Å². The van der Waals surface area contributed by atoms with Gasteiger partial charge in [0.1, 0.15) is 11.7 Å². The van der Waals surface area contributed by atoms with E-state index in [9.17, 15) is 13.2 Å². The van der Waals surface area contributed by atoms with Crippen molar-refractivity contribution in [2.24, 2.45) is 0 Å². The van der Waals surface area contributed by atoms with Gasteiger partial charge in [0.05, 0.1) is 29.4 Å². The quantitative estimate of drug-likeness (QED) is 0.343. The monoisotopic (exact) mass is 473 g/mol. The molecular formula is C23H24ClN3O4S. The average molecular weight is 474 g/mol. The molecule has 0 atom stereocenters. The molecule has 0 fully saturated rings. The summed E-state index contributed by atoms with van der Waals surface area (Å²) in [7, 11) is -2.35. The number of ether oxygens (including phenoxy) is 1. The van der Waals surface area contributed by atoms with Crippen molar-refractivity contribution in [3.63, 3.8) is 0 Å². The Kier molecular flexibility index (Phi) is 7.71. The van der Waals surface area contributed by atoms with Crippen LogP contribution in [0.3, 0.4) is 0 Å². The smallest absolute Gasteiger partial charge is 0.325 e. The van der Waals surface area contributed by atoms with Crippen molar-refractivity contribution < 1.29 is 17.9 Å². The minimum Gasteiger partial charge on any atom is -0.465 e. The molecule has 1 aromatic heterocycles. The van der Waals surface area contributed by atoms with Crippen LogP contribution >= 0.6 is 11.6 Å². The number of benzene rings is 2. The molecule has 0 saturated heterocycles. The standard InChI is InChI=1S/C23H24ClN3O4S/c1-3-31-23(28)17-27(18-10-6-4-7-11-18)16-20-21(14-15-22(24)25-20)26(2)32(29,30)19-12-8-5-9-13-19/h4-15H,3,16-17H2,1-2H3. The second-order valence-electron chi connectivity index (χ2n) is 6.88. The molecule has 0 radical (unpaired) electrons. The summed E-state index contributed by atoms with van der Waals surface area (Å²) in [5.74, 6) is -0.398. The number of halogens is 1. The average Bonchev–Trinajstić information content (AvgIpc) is 2.79. The molecule has 7 nitrogen and oxygen atoms in total. The Morgan fingerprint density at radius 3 is 2.25 bits per heavy atom. The largest absolute Gasteiger partial charge is 0.465 e. The Hall–Kier alpha value is -3.10. The van der Waals surface area contributed by atoms with E-state index in [4.69, 9.17) is 16.3 Å². The van der Waals surface area contributed by atoms with Crippen molar-refractivity contribution in [3.05, 3.63) is 83.6 Å². The highest BCUT2D eigenvalue weighted by atomic mass is 35.5. The van der Waals surface area contributed by atoms with E-state index in [1.807, 2.05) is 30.3 Å². The number of carbonyl (C=O) groups is 1. The molecule has 0 N–H and O–H groups in total. The summed E-state index contributed by atoms with van der Waals surface area (Å²) in [5.41, 5.74) is 1.54. The predicted molar refractivity (Wildman–Crippen MR) is 125 cm³/mol. The minimum atomic E-state index is -3.82. The van der Waals surface area contributed by atoms with Crippen molar-refractivity contribution in [1.29, 1.82) is 0 Å². The number of pyridine rings is 1. The summed E-state index contributed by atoms with van der Waals surface area (Å²) in [6.07, 6.45) is 0. The van der Waals surface area contributed by atoms with Crippen LogP contribution in [0.5, 0.6) is 0 Å². The number of nitrogens with zero attached hydrogens (tertiary/aromatic N) is 3. The molecule has 0 aliphatic rings. The van der Waals surface area contributed by atoms with Crippen LogP contribution in [0.2, 0.25) is 5.15 Å². The van der Waals surface area contributed by atoms with Crippen LogP contribution in [0.1, 0.15) is 12.6 Å². The molecule has 0 unspecified atom stereocenters. The molecule has 1 heterocycles. The summed E-state index contributed by atoms with van der Waals surface area (Å²) < 4.78 is 32.6. The van der Waals surface area contributed by atoms with Gasteiger partial charge in [0.2, 0.25) is 0 Å². The van der Waals surface area contributed by atoms with E-state index in [0.717, 1.165) is 5.69 Å². The molecular weight excluding hydrogens is 450 g/mol. The van der Waals surface area contributed by atoms with Gasteiger partial charge in [-0.3, -0.25) is 9.10 Å². The number of para-hydroxylation sites is 1. The van der Waals surface area contributed by atoms with E-state index in [-0.39, 0.29) is 29.7 Å². The van der Waals surface area contributed by atoms with Gasteiger partial charge >= 0.3 is 5.97 Å². The molecule has 0 aliphatic heterocycles. The van der Waals surface area contributed by atoms with Crippen LogP contribution in [0, 0.1) is 0 Å². The summed E-state index contributed by atoms with van der Waals surface area (Å²) in [5, 5.41) is 0.221. The maximum Gasteiger partial charge on any atom is 0.325 e. The molecule has 0 spiro atoms. The van der Waals surface area contributed by atoms with E-state index >= 15 is 0 Å². The predicted octanol–water partition coefficient (Wildman–Crippen LogP) is 4.13. The first kappa shape index (κ1) is 23.6. The number of anilines is 2. The Balaban J connectivity index is 1.99. The lowest BCUT2D eigenvalue weighted by Crippen LogP contribution is -2.33. The lowest BCUT2D eigenvalue weighted by Gasteiger charge is -2.27. The van der Waals surface area contributed by atoms with Gasteiger partial charge in [-0.05, 0) is 43.3 Å². The zero-order valence-electron chi connectivity index (χ0n) is 17.8. The zero-order valence-corrected chi connectivity index (χ0v) is 19.4. The number of hydrogen-bond donors (Lipinski definition) is 0. The Morgan fingerprint density at radius 1 is 1.00 bits per heavy atom. The number of sulfonamides is 1. The first-order valence-electron chi connectivity index (χ1n) is 9.98. The fraction of sp³-hybridized carbons (Fsp3) is 0.217. The zero-order chi connectivity index (χ0) is 23.1. The normalized spacial score (nSPS) is 11.1.